The van der Waals surface area contributed by atoms with Gasteiger partial charge < -0.3 is 9.84 Å². The molecule has 2 aromatic carbocycles. The predicted octanol–water partition coefficient (Wildman–Crippen LogP) is 4.39. The van der Waals surface area contributed by atoms with Crippen LogP contribution in [-0.4, -0.2) is 12.2 Å². The minimum absolute atomic E-state index is 0.556. The zero-order valence-electron chi connectivity index (χ0n) is 10.7. The van der Waals surface area contributed by atoms with Crippen LogP contribution in [0.5, 0.6) is 5.75 Å². The van der Waals surface area contributed by atoms with E-state index in [0.717, 1.165) is 11.1 Å². The number of aryl methyl sites for hydroxylation is 1. The lowest BCUT2D eigenvalue weighted by atomic mass is 9.99. The number of benzene rings is 2. The number of hydrogen-bond acceptors (Lipinski definition) is 2. The third-order valence-corrected chi connectivity index (χ3v) is 3.64. The molecule has 1 unspecified atom stereocenters. The summed E-state index contributed by atoms with van der Waals surface area (Å²) in [7, 11) is 1.56. The van der Waals surface area contributed by atoms with Crippen LogP contribution in [-0.2, 0) is 0 Å². The van der Waals surface area contributed by atoms with Crippen LogP contribution in [0.3, 0.4) is 0 Å². The maximum atomic E-state index is 10.5. The van der Waals surface area contributed by atoms with E-state index in [4.69, 9.17) is 27.9 Å². The van der Waals surface area contributed by atoms with Crippen molar-refractivity contribution in [3.63, 3.8) is 0 Å². The van der Waals surface area contributed by atoms with E-state index in [-0.39, 0.29) is 0 Å². The van der Waals surface area contributed by atoms with Crippen LogP contribution in [0.4, 0.5) is 0 Å². The van der Waals surface area contributed by atoms with Gasteiger partial charge in [-0.15, -0.1) is 0 Å². The van der Waals surface area contributed by atoms with Gasteiger partial charge in [0.25, 0.3) is 0 Å². The lowest BCUT2D eigenvalue weighted by Gasteiger charge is -2.16. The van der Waals surface area contributed by atoms with Crippen LogP contribution in [0.25, 0.3) is 0 Å². The number of hydrogen-bond donors (Lipinski definition) is 1. The Labute approximate surface area is 122 Å². The van der Waals surface area contributed by atoms with Crippen molar-refractivity contribution in [3.8, 4) is 5.75 Å². The molecule has 0 aliphatic rings. The molecule has 4 heteroatoms. The molecule has 0 amide bonds. The second-order valence-corrected chi connectivity index (χ2v) is 5.14. The second kappa shape index (κ2) is 5.83. The van der Waals surface area contributed by atoms with Crippen molar-refractivity contribution >= 4 is 23.2 Å². The summed E-state index contributed by atoms with van der Waals surface area (Å²) in [5, 5.41) is 11.7. The molecule has 2 aromatic rings. The Bertz CT molecular complexity index is 597. The smallest absolute Gasteiger partial charge is 0.125 e. The van der Waals surface area contributed by atoms with E-state index in [1.165, 1.54) is 0 Å². The van der Waals surface area contributed by atoms with Crippen LogP contribution in [0.2, 0.25) is 10.0 Å². The zero-order valence-corrected chi connectivity index (χ0v) is 12.2. The molecule has 0 saturated carbocycles. The van der Waals surface area contributed by atoms with Gasteiger partial charge in [0.1, 0.15) is 11.9 Å². The fourth-order valence-corrected chi connectivity index (χ4v) is 2.23. The Morgan fingerprint density at radius 1 is 1.11 bits per heavy atom. The van der Waals surface area contributed by atoms with E-state index in [9.17, 15) is 5.11 Å². The van der Waals surface area contributed by atoms with Crippen molar-refractivity contribution in [1.82, 2.24) is 0 Å². The minimum atomic E-state index is -0.801. The molecule has 0 aliphatic carbocycles. The van der Waals surface area contributed by atoms with Crippen molar-refractivity contribution < 1.29 is 9.84 Å². The molecule has 1 atom stereocenters. The van der Waals surface area contributed by atoms with Gasteiger partial charge in [-0.05, 0) is 42.3 Å². The van der Waals surface area contributed by atoms with Crippen LogP contribution in [0.15, 0.2) is 36.4 Å². The van der Waals surface area contributed by atoms with E-state index in [0.29, 0.717) is 21.4 Å². The van der Waals surface area contributed by atoms with Crippen molar-refractivity contribution in [1.29, 1.82) is 0 Å². The summed E-state index contributed by atoms with van der Waals surface area (Å²) in [5.41, 5.74) is 2.30. The Morgan fingerprint density at radius 3 is 2.47 bits per heavy atom. The Morgan fingerprint density at radius 2 is 1.84 bits per heavy atom. The van der Waals surface area contributed by atoms with E-state index >= 15 is 0 Å². The fourth-order valence-electron chi connectivity index (χ4n) is 1.94. The lowest BCUT2D eigenvalue weighted by Crippen LogP contribution is -2.03. The summed E-state index contributed by atoms with van der Waals surface area (Å²) in [6.45, 7) is 1.90. The van der Waals surface area contributed by atoms with E-state index in [2.05, 4.69) is 0 Å². The maximum Gasteiger partial charge on any atom is 0.125 e. The first-order valence-corrected chi connectivity index (χ1v) is 6.56. The fraction of sp³-hybridized carbons (Fsp3) is 0.200. The molecular weight excluding hydrogens is 283 g/mol. The Kier molecular flexibility index (Phi) is 4.35. The van der Waals surface area contributed by atoms with Gasteiger partial charge in [0.2, 0.25) is 0 Å². The third kappa shape index (κ3) is 3.03. The van der Waals surface area contributed by atoms with Gasteiger partial charge in [0, 0.05) is 15.6 Å². The Balaban J connectivity index is 2.45. The first-order chi connectivity index (χ1) is 9.02. The van der Waals surface area contributed by atoms with Gasteiger partial charge >= 0.3 is 0 Å². The highest BCUT2D eigenvalue weighted by atomic mass is 35.5. The average Bonchev–Trinajstić information content (AvgIpc) is 2.41. The highest BCUT2D eigenvalue weighted by Gasteiger charge is 2.16. The predicted molar refractivity (Wildman–Crippen MR) is 78.3 cm³/mol. The quantitative estimate of drug-likeness (QED) is 0.910. The molecule has 0 radical (unpaired) electrons. The molecular formula is C15H14Cl2O2. The third-order valence-electron chi connectivity index (χ3n) is 2.98. The summed E-state index contributed by atoms with van der Waals surface area (Å²) in [6, 6.07) is 10.6. The average molecular weight is 297 g/mol. The molecule has 0 fully saturated rings. The van der Waals surface area contributed by atoms with Crippen molar-refractivity contribution in [2.24, 2.45) is 0 Å². The molecule has 0 heterocycles. The van der Waals surface area contributed by atoms with E-state index in [1.807, 2.05) is 13.0 Å². The van der Waals surface area contributed by atoms with Gasteiger partial charge in [0.15, 0.2) is 0 Å². The maximum absolute atomic E-state index is 10.5. The summed E-state index contributed by atoms with van der Waals surface area (Å²) in [6.07, 6.45) is -0.801. The van der Waals surface area contributed by atoms with E-state index < -0.39 is 6.10 Å². The highest BCUT2D eigenvalue weighted by Crippen LogP contribution is 2.33. The van der Waals surface area contributed by atoms with Crippen LogP contribution in [0.1, 0.15) is 22.8 Å². The summed E-state index contributed by atoms with van der Waals surface area (Å²) < 4.78 is 5.25. The molecule has 100 valence electrons. The molecule has 19 heavy (non-hydrogen) atoms. The number of ether oxygens (including phenoxy) is 1. The molecule has 0 bridgehead atoms. The van der Waals surface area contributed by atoms with Gasteiger partial charge in [-0.2, -0.15) is 0 Å². The SMILES string of the molecule is COc1ccc(Cl)cc1C(O)c1ccc(Cl)c(C)c1. The molecule has 0 aliphatic heterocycles. The molecule has 0 saturated heterocycles. The first-order valence-electron chi connectivity index (χ1n) is 5.80. The summed E-state index contributed by atoms with van der Waals surface area (Å²) in [5.74, 6) is 0.601. The van der Waals surface area contributed by atoms with Crippen molar-refractivity contribution in [2.45, 2.75) is 13.0 Å². The van der Waals surface area contributed by atoms with Crippen LogP contribution in [0, 0.1) is 6.92 Å². The molecule has 2 nitrogen and oxygen atoms in total. The molecule has 2 rings (SSSR count). The number of aliphatic hydroxyl groups is 1. The molecule has 1 N–H and O–H groups in total. The zero-order chi connectivity index (χ0) is 14.0. The van der Waals surface area contributed by atoms with Gasteiger partial charge in [0.05, 0.1) is 7.11 Å². The Hall–Kier alpha value is -1.22. The summed E-state index contributed by atoms with van der Waals surface area (Å²) >= 11 is 12.0. The van der Waals surface area contributed by atoms with Gasteiger partial charge in [-0.3, -0.25) is 0 Å². The summed E-state index contributed by atoms with van der Waals surface area (Å²) in [4.78, 5) is 0. The minimum Gasteiger partial charge on any atom is -0.496 e. The highest BCUT2D eigenvalue weighted by molar-refractivity contribution is 6.31. The topological polar surface area (TPSA) is 29.5 Å². The number of aliphatic hydroxyl groups excluding tert-OH is 1. The number of methoxy groups -OCH3 is 1. The van der Waals surface area contributed by atoms with Crippen LogP contribution >= 0.6 is 23.2 Å². The van der Waals surface area contributed by atoms with Crippen LogP contribution < -0.4 is 4.74 Å². The van der Waals surface area contributed by atoms with Crippen molar-refractivity contribution in [3.05, 3.63) is 63.1 Å². The first kappa shape index (κ1) is 14.2. The lowest BCUT2D eigenvalue weighted by molar-refractivity contribution is 0.214. The van der Waals surface area contributed by atoms with Gasteiger partial charge in [-0.25, -0.2) is 0 Å². The monoisotopic (exact) mass is 296 g/mol. The molecule has 0 aromatic heterocycles. The van der Waals surface area contributed by atoms with E-state index in [1.54, 1.807) is 37.4 Å². The number of halogens is 2. The molecule has 0 spiro atoms. The standard InChI is InChI=1S/C15H14Cl2O2/c1-9-7-10(3-5-13(9)17)15(18)12-8-11(16)4-6-14(12)19-2/h3-8,15,18H,1-2H3. The normalized spacial score (nSPS) is 12.3. The van der Waals surface area contributed by atoms with Gasteiger partial charge in [-0.1, -0.05) is 35.3 Å². The second-order valence-electron chi connectivity index (χ2n) is 4.30. The largest absolute Gasteiger partial charge is 0.496 e. The number of rotatable bonds is 3. The van der Waals surface area contributed by atoms with Crippen molar-refractivity contribution in [2.75, 3.05) is 7.11 Å².